The number of hydrogen-bond acceptors (Lipinski definition) is 2. The second kappa shape index (κ2) is 5.78. The zero-order valence-electron chi connectivity index (χ0n) is 11.4. The molecule has 2 aromatic carbocycles. The lowest BCUT2D eigenvalue weighted by Crippen LogP contribution is -2.49. The molecule has 0 aliphatic carbocycles. The highest BCUT2D eigenvalue weighted by Gasteiger charge is 2.23. The van der Waals surface area contributed by atoms with Crippen molar-refractivity contribution in [2.75, 3.05) is 24.5 Å². The van der Waals surface area contributed by atoms with Gasteiger partial charge in [0, 0.05) is 25.3 Å². The molecule has 0 bridgehead atoms. The molecule has 3 nitrogen and oxygen atoms in total. The largest absolute Gasteiger partial charge is 0.360 e. The summed E-state index contributed by atoms with van der Waals surface area (Å²) in [7, 11) is 0. The Morgan fingerprint density at radius 1 is 0.850 bits per heavy atom. The van der Waals surface area contributed by atoms with Crippen molar-refractivity contribution in [2.24, 2.45) is 0 Å². The Kier molecular flexibility index (Phi) is 3.68. The summed E-state index contributed by atoms with van der Waals surface area (Å²) in [5, 5.41) is 0. The number of piperazine rings is 1. The average Bonchev–Trinajstić information content (AvgIpc) is 2.51. The van der Waals surface area contributed by atoms with Gasteiger partial charge in [-0.15, -0.1) is 0 Å². The number of anilines is 1. The quantitative estimate of drug-likeness (QED) is 0.852. The summed E-state index contributed by atoms with van der Waals surface area (Å²) in [6.45, 7) is 2.85. The van der Waals surface area contributed by atoms with E-state index in [4.69, 9.17) is 0 Å². The standard InChI is InChI=1S/C17H18N2O/c20-17-14-18(16-9-5-2-6-10-16)11-12-19(17)13-15-7-3-1-4-8-15/h1-10H,11-14H2. The second-order valence-corrected chi connectivity index (χ2v) is 5.06. The second-order valence-electron chi connectivity index (χ2n) is 5.06. The summed E-state index contributed by atoms with van der Waals surface area (Å²) >= 11 is 0. The fourth-order valence-electron chi connectivity index (χ4n) is 2.54. The molecule has 1 aliphatic heterocycles. The number of carbonyl (C=O) groups is 1. The van der Waals surface area contributed by atoms with Crippen LogP contribution in [-0.2, 0) is 11.3 Å². The van der Waals surface area contributed by atoms with Gasteiger partial charge in [-0.25, -0.2) is 0 Å². The zero-order valence-corrected chi connectivity index (χ0v) is 11.4. The predicted octanol–water partition coefficient (Wildman–Crippen LogP) is 2.54. The Bertz CT molecular complexity index is 568. The Morgan fingerprint density at radius 2 is 1.50 bits per heavy atom. The molecule has 1 amide bonds. The minimum absolute atomic E-state index is 0.198. The van der Waals surface area contributed by atoms with E-state index < -0.39 is 0 Å². The molecule has 0 N–H and O–H groups in total. The first kappa shape index (κ1) is 12.7. The molecule has 1 saturated heterocycles. The molecule has 102 valence electrons. The van der Waals surface area contributed by atoms with Gasteiger partial charge in [-0.2, -0.15) is 0 Å². The van der Waals surface area contributed by atoms with Crippen LogP contribution in [-0.4, -0.2) is 30.4 Å². The molecule has 0 spiro atoms. The fourth-order valence-corrected chi connectivity index (χ4v) is 2.54. The highest BCUT2D eigenvalue weighted by molar-refractivity contribution is 5.82. The van der Waals surface area contributed by atoms with Crippen LogP contribution in [0.4, 0.5) is 5.69 Å². The van der Waals surface area contributed by atoms with Gasteiger partial charge in [-0.05, 0) is 17.7 Å². The molecule has 3 rings (SSSR count). The van der Waals surface area contributed by atoms with E-state index in [0.717, 1.165) is 18.8 Å². The van der Waals surface area contributed by atoms with Crippen LogP contribution in [0.3, 0.4) is 0 Å². The first-order valence-electron chi connectivity index (χ1n) is 6.94. The number of amides is 1. The summed E-state index contributed by atoms with van der Waals surface area (Å²) in [4.78, 5) is 16.3. The van der Waals surface area contributed by atoms with Crippen molar-refractivity contribution in [2.45, 2.75) is 6.54 Å². The van der Waals surface area contributed by atoms with E-state index in [9.17, 15) is 4.79 Å². The van der Waals surface area contributed by atoms with Crippen molar-refractivity contribution in [3.8, 4) is 0 Å². The SMILES string of the molecule is O=C1CN(c2ccccc2)CCN1Cc1ccccc1. The summed E-state index contributed by atoms with van der Waals surface area (Å²) in [6, 6.07) is 20.3. The van der Waals surface area contributed by atoms with E-state index in [0.29, 0.717) is 13.1 Å². The molecule has 20 heavy (non-hydrogen) atoms. The molecule has 2 aromatic rings. The van der Waals surface area contributed by atoms with Crippen molar-refractivity contribution in [1.29, 1.82) is 0 Å². The van der Waals surface area contributed by atoms with Crippen molar-refractivity contribution in [3.63, 3.8) is 0 Å². The highest BCUT2D eigenvalue weighted by atomic mass is 16.2. The van der Waals surface area contributed by atoms with Crippen molar-refractivity contribution in [1.82, 2.24) is 4.90 Å². The molecular weight excluding hydrogens is 248 g/mol. The molecule has 0 radical (unpaired) electrons. The Hall–Kier alpha value is -2.29. The normalized spacial score (nSPS) is 15.5. The van der Waals surface area contributed by atoms with Crippen LogP contribution in [0.15, 0.2) is 60.7 Å². The lowest BCUT2D eigenvalue weighted by Gasteiger charge is -2.35. The topological polar surface area (TPSA) is 23.6 Å². The third-order valence-electron chi connectivity index (χ3n) is 3.66. The van der Waals surface area contributed by atoms with Gasteiger partial charge in [0.25, 0.3) is 0 Å². The number of benzene rings is 2. The van der Waals surface area contributed by atoms with Crippen LogP contribution >= 0.6 is 0 Å². The van der Waals surface area contributed by atoms with Crippen LogP contribution in [0.25, 0.3) is 0 Å². The first-order chi connectivity index (χ1) is 9.83. The molecule has 0 unspecified atom stereocenters. The monoisotopic (exact) mass is 266 g/mol. The molecule has 1 heterocycles. The van der Waals surface area contributed by atoms with Crippen LogP contribution < -0.4 is 4.90 Å². The molecule has 0 atom stereocenters. The minimum atomic E-state index is 0.198. The van der Waals surface area contributed by atoms with Crippen molar-refractivity contribution in [3.05, 3.63) is 66.2 Å². The maximum Gasteiger partial charge on any atom is 0.242 e. The molecular formula is C17H18N2O. The van der Waals surface area contributed by atoms with Gasteiger partial charge >= 0.3 is 0 Å². The van der Waals surface area contributed by atoms with E-state index in [1.165, 1.54) is 5.56 Å². The number of rotatable bonds is 3. The van der Waals surface area contributed by atoms with Crippen LogP contribution in [0.5, 0.6) is 0 Å². The number of carbonyl (C=O) groups excluding carboxylic acids is 1. The molecule has 3 heteroatoms. The number of nitrogens with zero attached hydrogens (tertiary/aromatic N) is 2. The van der Waals surface area contributed by atoms with E-state index in [1.807, 2.05) is 41.3 Å². The predicted molar refractivity (Wildman–Crippen MR) is 80.5 cm³/mol. The van der Waals surface area contributed by atoms with Crippen LogP contribution in [0.2, 0.25) is 0 Å². The van der Waals surface area contributed by atoms with Gasteiger partial charge in [0.15, 0.2) is 0 Å². The molecule has 1 fully saturated rings. The Labute approximate surface area is 119 Å². The molecule has 0 saturated carbocycles. The lowest BCUT2D eigenvalue weighted by molar-refractivity contribution is -0.131. The summed E-state index contributed by atoms with van der Waals surface area (Å²) in [6.07, 6.45) is 0. The van der Waals surface area contributed by atoms with Crippen molar-refractivity contribution < 1.29 is 4.79 Å². The van der Waals surface area contributed by atoms with E-state index in [2.05, 4.69) is 29.2 Å². The number of hydrogen-bond donors (Lipinski definition) is 0. The Balaban J connectivity index is 1.64. The van der Waals surface area contributed by atoms with Crippen molar-refractivity contribution >= 4 is 11.6 Å². The highest BCUT2D eigenvalue weighted by Crippen LogP contribution is 2.17. The van der Waals surface area contributed by atoms with Gasteiger partial charge in [-0.3, -0.25) is 4.79 Å². The minimum Gasteiger partial charge on any atom is -0.360 e. The van der Waals surface area contributed by atoms with Gasteiger partial charge in [0.1, 0.15) is 0 Å². The maximum atomic E-state index is 12.3. The summed E-state index contributed by atoms with van der Waals surface area (Å²) in [5.74, 6) is 0.198. The van der Waals surface area contributed by atoms with Gasteiger partial charge in [0.2, 0.25) is 5.91 Å². The first-order valence-corrected chi connectivity index (χ1v) is 6.94. The third-order valence-corrected chi connectivity index (χ3v) is 3.66. The average molecular weight is 266 g/mol. The third kappa shape index (κ3) is 2.82. The lowest BCUT2D eigenvalue weighted by atomic mass is 10.2. The fraction of sp³-hybridized carbons (Fsp3) is 0.235. The molecule has 0 aromatic heterocycles. The van der Waals surface area contributed by atoms with Gasteiger partial charge < -0.3 is 9.80 Å². The summed E-state index contributed by atoms with van der Waals surface area (Å²) < 4.78 is 0. The van der Waals surface area contributed by atoms with E-state index in [-0.39, 0.29) is 5.91 Å². The van der Waals surface area contributed by atoms with Gasteiger partial charge in [0.05, 0.1) is 6.54 Å². The smallest absolute Gasteiger partial charge is 0.242 e. The zero-order chi connectivity index (χ0) is 13.8. The van der Waals surface area contributed by atoms with E-state index in [1.54, 1.807) is 0 Å². The van der Waals surface area contributed by atoms with E-state index >= 15 is 0 Å². The van der Waals surface area contributed by atoms with Gasteiger partial charge in [-0.1, -0.05) is 48.5 Å². The maximum absolute atomic E-state index is 12.3. The Morgan fingerprint density at radius 3 is 2.15 bits per heavy atom. The molecule has 1 aliphatic rings. The number of para-hydroxylation sites is 1. The van der Waals surface area contributed by atoms with Crippen LogP contribution in [0.1, 0.15) is 5.56 Å². The van der Waals surface area contributed by atoms with Crippen LogP contribution in [0, 0.1) is 0 Å². The summed E-state index contributed by atoms with van der Waals surface area (Å²) in [5.41, 5.74) is 2.31.